The van der Waals surface area contributed by atoms with Crippen LogP contribution in [0.4, 0.5) is 9.18 Å². The molecule has 1 atom stereocenters. The summed E-state index contributed by atoms with van der Waals surface area (Å²) >= 11 is 7.10. The van der Waals surface area contributed by atoms with Crippen molar-refractivity contribution >= 4 is 35.4 Å². The summed E-state index contributed by atoms with van der Waals surface area (Å²) in [7, 11) is 0. The molecule has 0 saturated carbocycles. The molecule has 1 aliphatic heterocycles. The Kier molecular flexibility index (Phi) is 6.08. The molecule has 0 spiro atoms. The maximum absolute atomic E-state index is 13.3. The number of amides is 2. The van der Waals surface area contributed by atoms with Gasteiger partial charge in [0, 0.05) is 16.3 Å². The third kappa shape index (κ3) is 4.45. The van der Waals surface area contributed by atoms with Crippen molar-refractivity contribution in [2.24, 2.45) is 0 Å². The van der Waals surface area contributed by atoms with E-state index in [1.807, 2.05) is 0 Å². The minimum atomic E-state index is -0.764. The van der Waals surface area contributed by atoms with Gasteiger partial charge in [-0.25, -0.2) is 14.0 Å². The lowest BCUT2D eigenvalue weighted by Gasteiger charge is -2.27. The lowest BCUT2D eigenvalue weighted by Crippen LogP contribution is -2.46. The first kappa shape index (κ1) is 19.3. The van der Waals surface area contributed by atoms with Gasteiger partial charge in [0.15, 0.2) is 0 Å². The number of nitrogens with one attached hydrogen (secondary N) is 2. The SMILES string of the molecule is CCOC(=O)C1=C(CSc2ccc(F)c(Cl)c2)NC(=O)NC1c1ccco1. The average Bonchev–Trinajstić information content (AvgIpc) is 3.17. The van der Waals surface area contributed by atoms with Gasteiger partial charge in [0.1, 0.15) is 17.6 Å². The van der Waals surface area contributed by atoms with E-state index in [1.54, 1.807) is 25.1 Å². The molecule has 9 heteroatoms. The van der Waals surface area contributed by atoms with Crippen LogP contribution in [0.3, 0.4) is 0 Å². The van der Waals surface area contributed by atoms with Gasteiger partial charge < -0.3 is 19.8 Å². The smallest absolute Gasteiger partial charge is 0.338 e. The summed E-state index contributed by atoms with van der Waals surface area (Å²) in [5, 5.41) is 5.33. The molecule has 3 rings (SSSR count). The number of carbonyl (C=O) groups is 2. The summed E-state index contributed by atoms with van der Waals surface area (Å²) < 4.78 is 23.8. The predicted octanol–water partition coefficient (Wildman–Crippen LogP) is 4.04. The zero-order valence-corrected chi connectivity index (χ0v) is 15.8. The number of halogens is 2. The highest BCUT2D eigenvalue weighted by Crippen LogP contribution is 2.31. The van der Waals surface area contributed by atoms with Gasteiger partial charge in [0.2, 0.25) is 0 Å². The summed E-state index contributed by atoms with van der Waals surface area (Å²) in [6.45, 7) is 1.89. The van der Waals surface area contributed by atoms with E-state index in [0.29, 0.717) is 16.4 Å². The minimum Gasteiger partial charge on any atom is -0.467 e. The maximum atomic E-state index is 13.3. The lowest BCUT2D eigenvalue weighted by atomic mass is 10.0. The second-order valence-electron chi connectivity index (χ2n) is 5.52. The Morgan fingerprint density at radius 3 is 2.89 bits per heavy atom. The largest absolute Gasteiger partial charge is 0.467 e. The van der Waals surface area contributed by atoms with E-state index in [-0.39, 0.29) is 23.0 Å². The molecule has 0 saturated heterocycles. The first-order chi connectivity index (χ1) is 13.0. The second kappa shape index (κ2) is 8.49. The van der Waals surface area contributed by atoms with E-state index < -0.39 is 23.9 Å². The van der Waals surface area contributed by atoms with Gasteiger partial charge in [-0.1, -0.05) is 11.6 Å². The summed E-state index contributed by atoms with van der Waals surface area (Å²) in [4.78, 5) is 25.3. The molecule has 0 bridgehead atoms. The van der Waals surface area contributed by atoms with Crippen LogP contribution in [-0.4, -0.2) is 24.4 Å². The molecule has 142 valence electrons. The average molecular weight is 411 g/mol. The van der Waals surface area contributed by atoms with E-state index in [9.17, 15) is 14.0 Å². The second-order valence-corrected chi connectivity index (χ2v) is 6.98. The monoisotopic (exact) mass is 410 g/mol. The molecular weight excluding hydrogens is 395 g/mol. The van der Waals surface area contributed by atoms with Crippen molar-refractivity contribution in [3.63, 3.8) is 0 Å². The molecule has 2 N–H and O–H groups in total. The maximum Gasteiger partial charge on any atom is 0.338 e. The fourth-order valence-corrected chi connectivity index (χ4v) is 3.72. The first-order valence-electron chi connectivity index (χ1n) is 8.08. The van der Waals surface area contributed by atoms with Gasteiger partial charge in [-0.05, 0) is 37.3 Å². The number of rotatable bonds is 6. The number of urea groups is 1. The van der Waals surface area contributed by atoms with Crippen LogP contribution in [0.5, 0.6) is 0 Å². The standard InChI is InChI=1S/C18H16ClFN2O4S/c1-2-25-17(23)15-13(9-27-10-5-6-12(20)11(19)8-10)21-18(24)22-16(15)14-4-3-7-26-14/h3-8,16H,2,9H2,1H3,(H2,21,22,24). The Bertz CT molecular complexity index is 885. The van der Waals surface area contributed by atoms with Gasteiger partial charge in [-0.3, -0.25) is 0 Å². The van der Waals surface area contributed by atoms with E-state index in [2.05, 4.69) is 10.6 Å². The van der Waals surface area contributed by atoms with Crippen molar-refractivity contribution in [2.45, 2.75) is 17.9 Å². The number of ether oxygens (including phenoxy) is 1. The van der Waals surface area contributed by atoms with Crippen LogP contribution in [0.1, 0.15) is 18.7 Å². The fraction of sp³-hybridized carbons (Fsp3) is 0.222. The molecule has 1 aromatic carbocycles. The molecule has 1 aliphatic rings. The zero-order chi connectivity index (χ0) is 19.4. The molecule has 0 radical (unpaired) electrons. The minimum absolute atomic E-state index is 0.00223. The number of carbonyl (C=O) groups excluding carboxylic acids is 2. The van der Waals surface area contributed by atoms with Crippen LogP contribution in [0.15, 0.2) is 57.2 Å². The van der Waals surface area contributed by atoms with Crippen molar-refractivity contribution in [3.8, 4) is 0 Å². The topological polar surface area (TPSA) is 80.6 Å². The molecule has 2 heterocycles. The number of thioether (sulfide) groups is 1. The Morgan fingerprint density at radius 1 is 1.41 bits per heavy atom. The Labute approximate surface area is 164 Å². The normalized spacial score (nSPS) is 16.7. The lowest BCUT2D eigenvalue weighted by molar-refractivity contribution is -0.139. The van der Waals surface area contributed by atoms with Crippen molar-refractivity contribution in [1.29, 1.82) is 0 Å². The van der Waals surface area contributed by atoms with Crippen LogP contribution >= 0.6 is 23.4 Å². The summed E-state index contributed by atoms with van der Waals surface area (Å²) in [6, 6.07) is 6.43. The van der Waals surface area contributed by atoms with Crippen LogP contribution in [0.25, 0.3) is 0 Å². The van der Waals surface area contributed by atoms with Gasteiger partial charge in [0.25, 0.3) is 0 Å². The molecule has 1 unspecified atom stereocenters. The molecule has 27 heavy (non-hydrogen) atoms. The van der Waals surface area contributed by atoms with E-state index >= 15 is 0 Å². The number of furan rings is 1. The molecule has 2 amide bonds. The first-order valence-corrected chi connectivity index (χ1v) is 9.45. The van der Waals surface area contributed by atoms with E-state index in [4.69, 9.17) is 20.8 Å². The van der Waals surface area contributed by atoms with Crippen LogP contribution < -0.4 is 10.6 Å². The van der Waals surface area contributed by atoms with Crippen LogP contribution in [-0.2, 0) is 9.53 Å². The molecule has 6 nitrogen and oxygen atoms in total. The highest BCUT2D eigenvalue weighted by Gasteiger charge is 2.35. The van der Waals surface area contributed by atoms with Crippen molar-refractivity contribution < 1.29 is 23.1 Å². The number of hydrogen-bond acceptors (Lipinski definition) is 5. The number of esters is 1. The molecule has 0 aliphatic carbocycles. The zero-order valence-electron chi connectivity index (χ0n) is 14.3. The van der Waals surface area contributed by atoms with Crippen molar-refractivity contribution in [3.05, 3.63) is 64.5 Å². The summed E-state index contributed by atoms with van der Waals surface area (Å²) in [5.74, 6) is -0.402. The van der Waals surface area contributed by atoms with Gasteiger partial charge in [-0.15, -0.1) is 11.8 Å². The van der Waals surface area contributed by atoms with E-state index in [1.165, 1.54) is 30.2 Å². The third-order valence-corrected chi connectivity index (χ3v) is 5.06. The fourth-order valence-electron chi connectivity index (χ4n) is 2.57. The Hall–Kier alpha value is -2.45. The Morgan fingerprint density at radius 2 is 2.22 bits per heavy atom. The molecule has 0 fully saturated rings. The van der Waals surface area contributed by atoms with E-state index in [0.717, 1.165) is 0 Å². The van der Waals surface area contributed by atoms with Crippen molar-refractivity contribution in [2.75, 3.05) is 12.4 Å². The highest BCUT2D eigenvalue weighted by atomic mass is 35.5. The summed E-state index contributed by atoms with van der Waals surface area (Å²) in [5.41, 5.74) is 0.649. The predicted molar refractivity (Wildman–Crippen MR) is 98.9 cm³/mol. The third-order valence-electron chi connectivity index (χ3n) is 3.75. The van der Waals surface area contributed by atoms with Crippen molar-refractivity contribution in [1.82, 2.24) is 10.6 Å². The van der Waals surface area contributed by atoms with Gasteiger partial charge in [-0.2, -0.15) is 0 Å². The van der Waals surface area contributed by atoms with Crippen LogP contribution in [0, 0.1) is 5.82 Å². The van der Waals surface area contributed by atoms with Gasteiger partial charge in [0.05, 0.1) is 23.5 Å². The molecular formula is C18H16ClFN2O4S. The van der Waals surface area contributed by atoms with Gasteiger partial charge >= 0.3 is 12.0 Å². The number of benzene rings is 1. The molecule has 2 aromatic rings. The molecule has 1 aromatic heterocycles. The summed E-state index contributed by atoms with van der Waals surface area (Å²) in [6.07, 6.45) is 1.46. The van der Waals surface area contributed by atoms with Crippen LogP contribution in [0.2, 0.25) is 5.02 Å². The quantitative estimate of drug-likeness (QED) is 0.555. The number of hydrogen-bond donors (Lipinski definition) is 2. The Balaban J connectivity index is 1.92. The highest BCUT2D eigenvalue weighted by molar-refractivity contribution is 7.99.